The van der Waals surface area contributed by atoms with Gasteiger partial charge in [-0.1, -0.05) is 12.8 Å². The average Bonchev–Trinajstić information content (AvgIpc) is 2.53. The lowest BCUT2D eigenvalue weighted by atomic mass is 9.79. The highest BCUT2D eigenvalue weighted by Gasteiger charge is 2.40. The number of benzene rings is 1. The van der Waals surface area contributed by atoms with Gasteiger partial charge in [-0.15, -0.1) is 0 Å². The Morgan fingerprint density at radius 2 is 1.57 bits per heavy atom. The molecule has 0 bridgehead atoms. The first-order valence-corrected chi connectivity index (χ1v) is 9.43. The zero-order valence-electron chi connectivity index (χ0n) is 12.7. The predicted octanol–water partition coefficient (Wildman–Crippen LogP) is 4.05. The molecule has 0 radical (unpaired) electrons. The van der Waals surface area contributed by atoms with E-state index in [0.29, 0.717) is 12.5 Å². The van der Waals surface area contributed by atoms with Gasteiger partial charge in [-0.2, -0.15) is 17.5 Å². The number of alkyl halides is 3. The normalized spacial score (nSPS) is 26.7. The summed E-state index contributed by atoms with van der Waals surface area (Å²) in [5, 5.41) is 0. The fourth-order valence-corrected chi connectivity index (χ4v) is 5.58. The molecule has 1 aromatic carbocycles. The molecule has 3 nitrogen and oxygen atoms in total. The highest BCUT2D eigenvalue weighted by atomic mass is 32.2. The van der Waals surface area contributed by atoms with Gasteiger partial charge in [0.05, 0.1) is 10.5 Å². The van der Waals surface area contributed by atoms with E-state index in [-0.39, 0.29) is 10.9 Å². The average molecular weight is 347 g/mol. The molecule has 2 atom stereocenters. The van der Waals surface area contributed by atoms with Gasteiger partial charge in [0.2, 0.25) is 10.0 Å². The Morgan fingerprint density at radius 1 is 0.957 bits per heavy atom. The largest absolute Gasteiger partial charge is 0.416 e. The van der Waals surface area contributed by atoms with Crippen LogP contribution in [0.2, 0.25) is 0 Å². The van der Waals surface area contributed by atoms with Crippen LogP contribution in [0.5, 0.6) is 0 Å². The molecular weight excluding hydrogens is 327 g/mol. The summed E-state index contributed by atoms with van der Waals surface area (Å²) in [6, 6.07) is 3.84. The number of fused-ring (bicyclic) bond motifs is 1. The monoisotopic (exact) mass is 347 g/mol. The van der Waals surface area contributed by atoms with Crippen molar-refractivity contribution in [1.82, 2.24) is 4.31 Å². The van der Waals surface area contributed by atoms with Crippen LogP contribution < -0.4 is 0 Å². The Labute approximate surface area is 134 Å². The molecule has 1 aliphatic heterocycles. The van der Waals surface area contributed by atoms with Crippen molar-refractivity contribution in [3.63, 3.8) is 0 Å². The molecule has 0 aromatic heterocycles. The van der Waals surface area contributed by atoms with Crippen molar-refractivity contribution in [2.24, 2.45) is 5.92 Å². The zero-order chi connectivity index (χ0) is 16.7. The van der Waals surface area contributed by atoms with E-state index in [1.165, 1.54) is 4.31 Å². The molecule has 2 aliphatic rings. The van der Waals surface area contributed by atoms with Crippen LogP contribution in [0.25, 0.3) is 0 Å². The molecule has 0 spiro atoms. The summed E-state index contributed by atoms with van der Waals surface area (Å²) in [6.45, 7) is 0.463. The van der Waals surface area contributed by atoms with Crippen LogP contribution >= 0.6 is 0 Å². The highest BCUT2D eigenvalue weighted by molar-refractivity contribution is 7.89. The van der Waals surface area contributed by atoms with Gasteiger partial charge in [0.15, 0.2) is 0 Å². The third-order valence-corrected chi connectivity index (χ3v) is 6.92. The Bertz CT molecular complexity index is 653. The van der Waals surface area contributed by atoms with Crippen molar-refractivity contribution in [3.8, 4) is 0 Å². The molecule has 1 aliphatic carbocycles. The van der Waals surface area contributed by atoms with E-state index in [0.717, 1.165) is 62.8 Å². The van der Waals surface area contributed by atoms with Gasteiger partial charge in [0.1, 0.15) is 0 Å². The van der Waals surface area contributed by atoms with Gasteiger partial charge in [0.25, 0.3) is 0 Å². The van der Waals surface area contributed by atoms with Crippen LogP contribution in [0.4, 0.5) is 13.2 Å². The number of piperidine rings is 1. The summed E-state index contributed by atoms with van der Waals surface area (Å²) in [5.74, 6) is 0.390. The number of rotatable bonds is 2. The van der Waals surface area contributed by atoms with Gasteiger partial charge in [-0.05, 0) is 55.9 Å². The Morgan fingerprint density at radius 3 is 2.22 bits per heavy atom. The van der Waals surface area contributed by atoms with E-state index in [1.807, 2.05) is 0 Å². The molecule has 1 aromatic rings. The van der Waals surface area contributed by atoms with Crippen molar-refractivity contribution in [1.29, 1.82) is 0 Å². The summed E-state index contributed by atoms with van der Waals surface area (Å²) in [6.07, 6.45) is 1.45. The fraction of sp³-hybridized carbons (Fsp3) is 0.625. The lowest BCUT2D eigenvalue weighted by molar-refractivity contribution is -0.137. The number of nitrogens with zero attached hydrogens (tertiary/aromatic N) is 1. The third-order valence-electron chi connectivity index (χ3n) is 4.98. The summed E-state index contributed by atoms with van der Waals surface area (Å²) in [5.41, 5.74) is -0.828. The second kappa shape index (κ2) is 6.09. The molecule has 0 N–H and O–H groups in total. The Kier molecular flexibility index (Phi) is 4.44. The minimum Gasteiger partial charge on any atom is -0.207 e. The van der Waals surface area contributed by atoms with E-state index >= 15 is 0 Å². The first kappa shape index (κ1) is 16.8. The van der Waals surface area contributed by atoms with E-state index in [4.69, 9.17) is 0 Å². The van der Waals surface area contributed by atoms with Crippen LogP contribution in [-0.2, 0) is 16.2 Å². The summed E-state index contributed by atoms with van der Waals surface area (Å²) < 4.78 is 65.1. The molecule has 23 heavy (non-hydrogen) atoms. The molecule has 128 valence electrons. The fourth-order valence-electron chi connectivity index (χ4n) is 3.83. The minimum absolute atomic E-state index is 0.00444. The molecule has 7 heteroatoms. The molecular formula is C16H20F3NO2S. The van der Waals surface area contributed by atoms with Gasteiger partial charge in [-0.25, -0.2) is 8.42 Å². The highest BCUT2D eigenvalue weighted by Crippen LogP contribution is 2.38. The van der Waals surface area contributed by atoms with Gasteiger partial charge in [-0.3, -0.25) is 0 Å². The first-order chi connectivity index (χ1) is 10.8. The van der Waals surface area contributed by atoms with Crippen molar-refractivity contribution in [3.05, 3.63) is 29.8 Å². The standard InChI is InChI=1S/C16H20F3NO2S/c17-16(18,19)13-7-9-14(10-8-13)23(21,22)20-11-3-5-12-4-1-2-6-15(12)20/h7-10,12,15H,1-6,11H2/t12-,15-/m0/s1. The van der Waals surface area contributed by atoms with Crippen LogP contribution in [0.1, 0.15) is 44.1 Å². The van der Waals surface area contributed by atoms with E-state index in [1.54, 1.807) is 0 Å². The van der Waals surface area contributed by atoms with Crippen LogP contribution in [0, 0.1) is 5.92 Å². The number of halogens is 3. The molecule has 3 rings (SSSR count). The molecule has 1 heterocycles. The maximum absolute atomic E-state index is 12.8. The SMILES string of the molecule is O=S(=O)(c1ccc(C(F)(F)F)cc1)N1CCC[C@@H]2CCCC[C@@H]21. The number of sulfonamides is 1. The van der Waals surface area contributed by atoms with Crippen molar-refractivity contribution < 1.29 is 21.6 Å². The first-order valence-electron chi connectivity index (χ1n) is 7.99. The lowest BCUT2D eigenvalue weighted by Crippen LogP contribution is -2.49. The molecule has 0 amide bonds. The molecule has 2 fully saturated rings. The molecule has 0 unspecified atom stereocenters. The Hall–Kier alpha value is -1.08. The number of hydrogen-bond acceptors (Lipinski definition) is 2. The Balaban J connectivity index is 1.88. The summed E-state index contributed by atoms with van der Waals surface area (Å²) in [7, 11) is -3.73. The second-order valence-corrected chi connectivity index (χ2v) is 8.28. The topological polar surface area (TPSA) is 37.4 Å². The zero-order valence-corrected chi connectivity index (χ0v) is 13.5. The van der Waals surface area contributed by atoms with Crippen molar-refractivity contribution in [2.75, 3.05) is 6.54 Å². The van der Waals surface area contributed by atoms with Gasteiger partial charge >= 0.3 is 6.18 Å². The van der Waals surface area contributed by atoms with E-state index < -0.39 is 21.8 Å². The van der Waals surface area contributed by atoms with Crippen LogP contribution in [0.3, 0.4) is 0 Å². The molecule has 1 saturated carbocycles. The maximum Gasteiger partial charge on any atom is 0.416 e. The molecule has 1 saturated heterocycles. The smallest absolute Gasteiger partial charge is 0.207 e. The predicted molar refractivity (Wildman–Crippen MR) is 80.3 cm³/mol. The summed E-state index contributed by atoms with van der Waals surface area (Å²) in [4.78, 5) is -0.0447. The van der Waals surface area contributed by atoms with Gasteiger partial charge in [0, 0.05) is 12.6 Å². The third kappa shape index (κ3) is 3.26. The summed E-state index contributed by atoms with van der Waals surface area (Å²) >= 11 is 0. The quantitative estimate of drug-likeness (QED) is 0.809. The van der Waals surface area contributed by atoms with E-state index in [9.17, 15) is 21.6 Å². The lowest BCUT2D eigenvalue weighted by Gasteiger charge is -2.43. The number of hydrogen-bond donors (Lipinski definition) is 0. The maximum atomic E-state index is 12.8. The second-order valence-electron chi connectivity index (χ2n) is 6.39. The van der Waals surface area contributed by atoms with Crippen LogP contribution in [-0.4, -0.2) is 25.3 Å². The minimum atomic E-state index is -4.46. The van der Waals surface area contributed by atoms with Crippen molar-refractivity contribution >= 4 is 10.0 Å². The van der Waals surface area contributed by atoms with Crippen molar-refractivity contribution in [2.45, 2.75) is 55.6 Å². The van der Waals surface area contributed by atoms with Crippen LogP contribution in [0.15, 0.2) is 29.2 Å². The van der Waals surface area contributed by atoms with E-state index in [2.05, 4.69) is 0 Å². The van der Waals surface area contributed by atoms with Gasteiger partial charge < -0.3 is 0 Å².